The Hall–Kier alpha value is -2.56. The first kappa shape index (κ1) is 21.7. The standard InChI is InChI=1S/C27H31N3S/c1-4-29(5-2)21(3)31-25-17-13-23(14-18-25)22-11-15-24(16-12-22)30-20-8-19-28-26-9-6-7-10-27(26)30/h6-7,9-19,21H,4-5,8,20H2,1-3H3. The zero-order valence-corrected chi connectivity index (χ0v) is 19.5. The van der Waals surface area contributed by atoms with E-state index in [1.165, 1.54) is 27.4 Å². The van der Waals surface area contributed by atoms with E-state index in [1.807, 2.05) is 24.0 Å². The third kappa shape index (κ3) is 5.03. The average Bonchev–Trinajstić information content (AvgIpc) is 3.03. The molecule has 1 unspecified atom stereocenters. The Balaban J connectivity index is 1.49. The molecular weight excluding hydrogens is 398 g/mol. The van der Waals surface area contributed by atoms with Crippen molar-refractivity contribution in [2.24, 2.45) is 4.99 Å². The topological polar surface area (TPSA) is 18.8 Å². The maximum Gasteiger partial charge on any atom is 0.0862 e. The number of aliphatic imine (C=N–C) groups is 1. The van der Waals surface area contributed by atoms with E-state index in [9.17, 15) is 0 Å². The van der Waals surface area contributed by atoms with Crippen molar-refractivity contribution in [2.45, 2.75) is 37.5 Å². The van der Waals surface area contributed by atoms with Crippen molar-refractivity contribution >= 4 is 35.0 Å². The molecular formula is C27H31N3S. The van der Waals surface area contributed by atoms with Crippen LogP contribution < -0.4 is 4.90 Å². The molecule has 0 amide bonds. The van der Waals surface area contributed by atoms with Crippen LogP contribution in [0.4, 0.5) is 17.1 Å². The third-order valence-corrected chi connectivity index (χ3v) is 7.07. The lowest BCUT2D eigenvalue weighted by Crippen LogP contribution is -2.30. The van der Waals surface area contributed by atoms with Gasteiger partial charge < -0.3 is 4.90 Å². The summed E-state index contributed by atoms with van der Waals surface area (Å²) in [6, 6.07) is 26.2. The van der Waals surface area contributed by atoms with Crippen LogP contribution in [0.3, 0.4) is 0 Å². The monoisotopic (exact) mass is 429 g/mol. The predicted molar refractivity (Wildman–Crippen MR) is 136 cm³/mol. The molecule has 0 radical (unpaired) electrons. The fourth-order valence-electron chi connectivity index (χ4n) is 4.11. The van der Waals surface area contributed by atoms with Crippen molar-refractivity contribution in [3.8, 4) is 11.1 Å². The number of nitrogens with zero attached hydrogens (tertiary/aromatic N) is 3. The molecule has 0 aliphatic carbocycles. The molecule has 0 saturated heterocycles. The van der Waals surface area contributed by atoms with Crippen molar-refractivity contribution in [1.29, 1.82) is 0 Å². The van der Waals surface area contributed by atoms with E-state index in [0.29, 0.717) is 5.37 Å². The van der Waals surface area contributed by atoms with Crippen LogP contribution in [0.5, 0.6) is 0 Å². The Bertz CT molecular complexity index is 1010. The Morgan fingerprint density at radius 2 is 1.55 bits per heavy atom. The second-order valence-corrected chi connectivity index (χ2v) is 9.14. The number of benzene rings is 3. The molecule has 3 aromatic carbocycles. The SMILES string of the molecule is CCN(CC)C(C)Sc1ccc(-c2ccc(N3CCC=Nc4ccccc43)cc2)cc1. The molecule has 0 aromatic heterocycles. The summed E-state index contributed by atoms with van der Waals surface area (Å²) in [5.41, 5.74) is 5.92. The van der Waals surface area contributed by atoms with Gasteiger partial charge in [-0.15, -0.1) is 11.8 Å². The van der Waals surface area contributed by atoms with Gasteiger partial charge in [-0.1, -0.05) is 50.2 Å². The molecule has 3 nitrogen and oxygen atoms in total. The van der Waals surface area contributed by atoms with Gasteiger partial charge in [0, 0.05) is 29.8 Å². The number of rotatable bonds is 7. The molecule has 0 N–H and O–H groups in total. The van der Waals surface area contributed by atoms with Gasteiger partial charge in [0.05, 0.1) is 16.7 Å². The first-order valence-electron chi connectivity index (χ1n) is 11.2. The summed E-state index contributed by atoms with van der Waals surface area (Å²) in [7, 11) is 0. The van der Waals surface area contributed by atoms with Gasteiger partial charge in [-0.05, 0) is 67.5 Å². The van der Waals surface area contributed by atoms with Crippen LogP contribution in [0, 0.1) is 0 Å². The van der Waals surface area contributed by atoms with E-state index in [-0.39, 0.29) is 0 Å². The van der Waals surface area contributed by atoms with Crippen LogP contribution >= 0.6 is 11.8 Å². The lowest BCUT2D eigenvalue weighted by atomic mass is 10.1. The summed E-state index contributed by atoms with van der Waals surface area (Å²) in [6.07, 6.45) is 2.97. The summed E-state index contributed by atoms with van der Waals surface area (Å²) in [4.78, 5) is 10.8. The fourth-order valence-corrected chi connectivity index (χ4v) is 5.24. The predicted octanol–water partition coefficient (Wildman–Crippen LogP) is 7.38. The molecule has 4 rings (SSSR count). The third-order valence-electron chi connectivity index (χ3n) is 5.88. The van der Waals surface area contributed by atoms with Crippen molar-refractivity contribution in [3.05, 3.63) is 72.8 Å². The van der Waals surface area contributed by atoms with Gasteiger partial charge in [0.2, 0.25) is 0 Å². The van der Waals surface area contributed by atoms with Gasteiger partial charge in [-0.25, -0.2) is 0 Å². The molecule has 4 heteroatoms. The van der Waals surface area contributed by atoms with Crippen LogP contribution in [-0.4, -0.2) is 36.1 Å². The van der Waals surface area contributed by atoms with E-state index in [0.717, 1.165) is 31.7 Å². The van der Waals surface area contributed by atoms with Crippen LogP contribution in [-0.2, 0) is 0 Å². The van der Waals surface area contributed by atoms with E-state index in [1.54, 1.807) is 0 Å². The molecule has 160 valence electrons. The second kappa shape index (κ2) is 10.2. The lowest BCUT2D eigenvalue weighted by Gasteiger charge is -2.25. The normalized spacial score (nSPS) is 14.4. The fraction of sp³-hybridized carbons (Fsp3) is 0.296. The van der Waals surface area contributed by atoms with Gasteiger partial charge in [-0.3, -0.25) is 9.89 Å². The maximum atomic E-state index is 4.61. The largest absolute Gasteiger partial charge is 0.339 e. The van der Waals surface area contributed by atoms with Crippen LogP contribution in [0.2, 0.25) is 0 Å². The minimum absolute atomic E-state index is 0.487. The molecule has 0 spiro atoms. The van der Waals surface area contributed by atoms with Crippen molar-refractivity contribution in [2.75, 3.05) is 24.5 Å². The zero-order chi connectivity index (χ0) is 21.6. The Morgan fingerprint density at radius 3 is 2.23 bits per heavy atom. The first-order valence-corrected chi connectivity index (χ1v) is 12.1. The highest BCUT2D eigenvalue weighted by molar-refractivity contribution is 7.99. The van der Waals surface area contributed by atoms with Gasteiger partial charge in [0.25, 0.3) is 0 Å². The highest BCUT2D eigenvalue weighted by Gasteiger charge is 2.15. The molecule has 0 bridgehead atoms. The summed E-state index contributed by atoms with van der Waals surface area (Å²) >= 11 is 1.93. The van der Waals surface area contributed by atoms with E-state index < -0.39 is 0 Å². The summed E-state index contributed by atoms with van der Waals surface area (Å²) in [5.74, 6) is 0. The summed E-state index contributed by atoms with van der Waals surface area (Å²) in [6.45, 7) is 9.85. The number of fused-ring (bicyclic) bond motifs is 1. The van der Waals surface area contributed by atoms with E-state index in [4.69, 9.17) is 0 Å². The van der Waals surface area contributed by atoms with Crippen molar-refractivity contribution in [3.63, 3.8) is 0 Å². The molecule has 1 aliphatic rings. The van der Waals surface area contributed by atoms with Gasteiger partial charge in [-0.2, -0.15) is 0 Å². The number of anilines is 2. The van der Waals surface area contributed by atoms with Crippen LogP contribution in [0.1, 0.15) is 27.2 Å². The average molecular weight is 430 g/mol. The molecule has 1 aliphatic heterocycles. The van der Waals surface area contributed by atoms with Gasteiger partial charge in [0.1, 0.15) is 0 Å². The van der Waals surface area contributed by atoms with E-state index in [2.05, 4.69) is 102 Å². The van der Waals surface area contributed by atoms with Crippen LogP contribution in [0.15, 0.2) is 82.7 Å². The molecule has 3 aromatic rings. The van der Waals surface area contributed by atoms with Crippen LogP contribution in [0.25, 0.3) is 11.1 Å². The lowest BCUT2D eigenvalue weighted by molar-refractivity contribution is 0.297. The summed E-state index contributed by atoms with van der Waals surface area (Å²) in [5, 5.41) is 0.487. The minimum atomic E-state index is 0.487. The Morgan fingerprint density at radius 1 is 0.903 bits per heavy atom. The highest BCUT2D eigenvalue weighted by atomic mass is 32.2. The maximum absolute atomic E-state index is 4.61. The minimum Gasteiger partial charge on any atom is -0.339 e. The zero-order valence-electron chi connectivity index (χ0n) is 18.7. The number of thioether (sulfide) groups is 1. The molecule has 1 atom stereocenters. The number of hydrogen-bond acceptors (Lipinski definition) is 4. The second-order valence-electron chi connectivity index (χ2n) is 7.75. The van der Waals surface area contributed by atoms with Gasteiger partial charge in [0.15, 0.2) is 0 Å². The molecule has 1 heterocycles. The number of para-hydroxylation sites is 2. The molecule has 31 heavy (non-hydrogen) atoms. The van der Waals surface area contributed by atoms with Crippen molar-refractivity contribution in [1.82, 2.24) is 4.90 Å². The van der Waals surface area contributed by atoms with E-state index >= 15 is 0 Å². The first-order chi connectivity index (χ1) is 15.2. The van der Waals surface area contributed by atoms with Crippen molar-refractivity contribution < 1.29 is 0 Å². The highest BCUT2D eigenvalue weighted by Crippen LogP contribution is 2.36. The molecule has 0 saturated carbocycles. The number of hydrogen-bond donors (Lipinski definition) is 0. The quantitative estimate of drug-likeness (QED) is 0.288. The Kier molecular flexibility index (Phi) is 7.10. The molecule has 0 fully saturated rings. The summed E-state index contributed by atoms with van der Waals surface area (Å²) < 4.78 is 0. The van der Waals surface area contributed by atoms with Gasteiger partial charge >= 0.3 is 0 Å². The Labute approximate surface area is 190 Å². The smallest absolute Gasteiger partial charge is 0.0862 e.